The molecule has 2 aromatic carbocycles. The van der Waals surface area contributed by atoms with Crippen molar-refractivity contribution in [2.45, 2.75) is 50.6 Å². The summed E-state index contributed by atoms with van der Waals surface area (Å²) in [6.45, 7) is 1.93. The smallest absolute Gasteiger partial charge is 0.407 e. The molecular formula is C26H30N2O7. The third-order valence-electron chi connectivity index (χ3n) is 6.01. The molecule has 0 aromatic heterocycles. The number of methoxy groups -OCH3 is 1. The number of fused-ring (bicyclic) bond motifs is 3. The third-order valence-corrected chi connectivity index (χ3v) is 6.01. The standard InChI is InChI=1S/C26H30N2O7/c1-3-8-21(24(30)27-22(25(31)32)13-14-23(29)34-2)28-26(33)35-15-20-18-11-6-4-9-16(18)17-10-5-7-12-19(17)20/h4-7,9-12,20-22H,3,8,13-15H2,1-2H3,(H,27,30)(H,28,33)(H,31,32)/t21-,22+/m1/s1. The van der Waals surface area contributed by atoms with Crippen molar-refractivity contribution >= 4 is 23.9 Å². The van der Waals surface area contributed by atoms with Gasteiger partial charge in [-0.15, -0.1) is 0 Å². The molecular weight excluding hydrogens is 452 g/mol. The van der Waals surface area contributed by atoms with E-state index in [4.69, 9.17) is 4.74 Å². The number of aliphatic carboxylic acids is 1. The van der Waals surface area contributed by atoms with E-state index in [1.807, 2.05) is 55.5 Å². The number of benzene rings is 2. The zero-order valence-electron chi connectivity index (χ0n) is 19.8. The van der Waals surface area contributed by atoms with Gasteiger partial charge in [0.1, 0.15) is 18.7 Å². The number of carboxylic acid groups (broad SMARTS) is 1. The van der Waals surface area contributed by atoms with Crippen molar-refractivity contribution in [3.8, 4) is 11.1 Å². The number of carbonyl (C=O) groups is 4. The summed E-state index contributed by atoms with van der Waals surface area (Å²) in [5, 5.41) is 14.3. The molecule has 0 fully saturated rings. The van der Waals surface area contributed by atoms with Gasteiger partial charge in [0, 0.05) is 12.3 Å². The highest BCUT2D eigenvalue weighted by molar-refractivity contribution is 5.89. The fourth-order valence-electron chi connectivity index (χ4n) is 4.23. The van der Waals surface area contributed by atoms with Crippen LogP contribution in [0.2, 0.25) is 0 Å². The molecule has 0 spiro atoms. The summed E-state index contributed by atoms with van der Waals surface area (Å²) in [5.74, 6) is -2.63. The predicted octanol–water partition coefficient (Wildman–Crippen LogP) is 3.22. The highest BCUT2D eigenvalue weighted by atomic mass is 16.5. The van der Waals surface area contributed by atoms with Crippen molar-refractivity contribution in [2.75, 3.05) is 13.7 Å². The Bertz CT molecular complexity index is 1040. The molecule has 2 atom stereocenters. The van der Waals surface area contributed by atoms with Crippen LogP contribution in [0.25, 0.3) is 11.1 Å². The summed E-state index contributed by atoms with van der Waals surface area (Å²) in [5.41, 5.74) is 4.34. The van der Waals surface area contributed by atoms with Crippen molar-refractivity contribution in [1.82, 2.24) is 10.6 Å². The fraction of sp³-hybridized carbons (Fsp3) is 0.385. The van der Waals surface area contributed by atoms with Crippen molar-refractivity contribution in [3.05, 3.63) is 59.7 Å². The molecule has 9 heteroatoms. The Hall–Kier alpha value is -3.88. The van der Waals surface area contributed by atoms with E-state index in [0.717, 1.165) is 22.3 Å². The number of hydrogen-bond acceptors (Lipinski definition) is 6. The van der Waals surface area contributed by atoms with Gasteiger partial charge in [-0.25, -0.2) is 9.59 Å². The SMILES string of the molecule is CCC[C@@H](NC(=O)OCC1c2ccccc2-c2ccccc21)C(=O)N[C@@H](CCC(=O)OC)C(=O)O. The lowest BCUT2D eigenvalue weighted by Gasteiger charge is -2.21. The van der Waals surface area contributed by atoms with E-state index in [2.05, 4.69) is 15.4 Å². The summed E-state index contributed by atoms with van der Waals surface area (Å²) < 4.78 is 10.0. The van der Waals surface area contributed by atoms with Crippen LogP contribution in [0, 0.1) is 0 Å². The Morgan fingerprint density at radius 1 is 0.914 bits per heavy atom. The maximum absolute atomic E-state index is 12.7. The lowest BCUT2D eigenvalue weighted by molar-refractivity contribution is -0.144. The zero-order chi connectivity index (χ0) is 25.4. The van der Waals surface area contributed by atoms with Crippen molar-refractivity contribution < 1.29 is 33.8 Å². The zero-order valence-corrected chi connectivity index (χ0v) is 19.8. The second kappa shape index (κ2) is 12.0. The number of esters is 1. The average Bonchev–Trinajstić information content (AvgIpc) is 3.18. The molecule has 0 saturated heterocycles. The minimum atomic E-state index is -1.29. The van der Waals surface area contributed by atoms with Crippen LogP contribution >= 0.6 is 0 Å². The van der Waals surface area contributed by atoms with Gasteiger partial charge in [-0.2, -0.15) is 0 Å². The number of rotatable bonds is 11. The number of hydrogen-bond donors (Lipinski definition) is 3. The number of amides is 2. The van der Waals surface area contributed by atoms with Crippen LogP contribution in [0.5, 0.6) is 0 Å². The van der Waals surface area contributed by atoms with Gasteiger partial charge in [0.25, 0.3) is 0 Å². The molecule has 1 aliphatic rings. The van der Waals surface area contributed by atoms with Crippen LogP contribution in [-0.2, 0) is 23.9 Å². The molecule has 3 rings (SSSR count). The topological polar surface area (TPSA) is 131 Å². The minimum absolute atomic E-state index is 0.0944. The fourth-order valence-corrected chi connectivity index (χ4v) is 4.23. The van der Waals surface area contributed by atoms with E-state index in [-0.39, 0.29) is 25.4 Å². The van der Waals surface area contributed by atoms with E-state index < -0.39 is 36.0 Å². The maximum atomic E-state index is 12.7. The Balaban J connectivity index is 1.61. The van der Waals surface area contributed by atoms with Gasteiger partial charge < -0.3 is 25.2 Å². The summed E-state index contributed by atoms with van der Waals surface area (Å²) >= 11 is 0. The Labute approximate surface area is 203 Å². The molecule has 35 heavy (non-hydrogen) atoms. The summed E-state index contributed by atoms with van der Waals surface area (Å²) in [6.07, 6.45) is -0.188. The summed E-state index contributed by atoms with van der Waals surface area (Å²) in [7, 11) is 1.20. The average molecular weight is 483 g/mol. The first kappa shape index (κ1) is 25.7. The van der Waals surface area contributed by atoms with E-state index in [9.17, 15) is 24.3 Å². The highest BCUT2D eigenvalue weighted by Crippen LogP contribution is 2.44. The Kier molecular flexibility index (Phi) is 8.83. The van der Waals surface area contributed by atoms with Gasteiger partial charge in [0.15, 0.2) is 0 Å². The molecule has 0 heterocycles. The van der Waals surface area contributed by atoms with Crippen LogP contribution in [0.3, 0.4) is 0 Å². The molecule has 0 aliphatic heterocycles. The number of carboxylic acids is 1. The van der Waals surface area contributed by atoms with E-state index in [1.165, 1.54) is 7.11 Å². The van der Waals surface area contributed by atoms with Crippen molar-refractivity contribution in [1.29, 1.82) is 0 Å². The number of ether oxygens (including phenoxy) is 2. The molecule has 0 saturated carbocycles. The lowest BCUT2D eigenvalue weighted by atomic mass is 9.98. The summed E-state index contributed by atoms with van der Waals surface area (Å²) in [4.78, 5) is 48.2. The van der Waals surface area contributed by atoms with E-state index >= 15 is 0 Å². The second-order valence-corrected chi connectivity index (χ2v) is 8.33. The highest BCUT2D eigenvalue weighted by Gasteiger charge is 2.30. The van der Waals surface area contributed by atoms with Gasteiger partial charge in [0.2, 0.25) is 5.91 Å². The van der Waals surface area contributed by atoms with Gasteiger partial charge in [-0.1, -0.05) is 61.9 Å². The van der Waals surface area contributed by atoms with Gasteiger partial charge in [-0.3, -0.25) is 9.59 Å². The maximum Gasteiger partial charge on any atom is 0.407 e. The number of carbonyl (C=O) groups excluding carboxylic acids is 3. The number of alkyl carbamates (subject to hydrolysis) is 1. The quantitative estimate of drug-likeness (QED) is 0.419. The van der Waals surface area contributed by atoms with E-state index in [1.54, 1.807) is 0 Å². The first-order chi connectivity index (χ1) is 16.8. The first-order valence-corrected chi connectivity index (χ1v) is 11.6. The lowest BCUT2D eigenvalue weighted by Crippen LogP contribution is -2.51. The first-order valence-electron chi connectivity index (χ1n) is 11.6. The molecule has 0 unspecified atom stereocenters. The molecule has 0 bridgehead atoms. The van der Waals surface area contributed by atoms with Crippen LogP contribution in [0.1, 0.15) is 49.7 Å². The van der Waals surface area contributed by atoms with Crippen LogP contribution < -0.4 is 10.6 Å². The molecule has 2 amide bonds. The van der Waals surface area contributed by atoms with E-state index in [0.29, 0.717) is 12.8 Å². The predicted molar refractivity (Wildman–Crippen MR) is 128 cm³/mol. The monoisotopic (exact) mass is 482 g/mol. The Morgan fingerprint density at radius 2 is 1.51 bits per heavy atom. The molecule has 186 valence electrons. The van der Waals surface area contributed by atoms with Crippen molar-refractivity contribution in [2.24, 2.45) is 0 Å². The normalized spacial score (nSPS) is 13.7. The third kappa shape index (κ3) is 6.38. The summed E-state index contributed by atoms with van der Waals surface area (Å²) in [6, 6.07) is 13.6. The van der Waals surface area contributed by atoms with Crippen molar-refractivity contribution in [3.63, 3.8) is 0 Å². The second-order valence-electron chi connectivity index (χ2n) is 8.33. The van der Waals surface area contributed by atoms with Gasteiger partial charge >= 0.3 is 18.0 Å². The molecule has 2 aromatic rings. The molecule has 3 N–H and O–H groups in total. The van der Waals surface area contributed by atoms with Crippen LogP contribution in [0.15, 0.2) is 48.5 Å². The largest absolute Gasteiger partial charge is 0.480 e. The minimum Gasteiger partial charge on any atom is -0.480 e. The Morgan fingerprint density at radius 3 is 2.06 bits per heavy atom. The van der Waals surface area contributed by atoms with Gasteiger partial charge in [0.05, 0.1) is 7.11 Å². The molecule has 9 nitrogen and oxygen atoms in total. The van der Waals surface area contributed by atoms with Crippen LogP contribution in [0.4, 0.5) is 4.79 Å². The molecule has 0 radical (unpaired) electrons. The van der Waals surface area contributed by atoms with Gasteiger partial charge in [-0.05, 0) is 35.1 Å². The van der Waals surface area contributed by atoms with Crippen LogP contribution in [-0.4, -0.2) is 54.8 Å². The molecule has 1 aliphatic carbocycles. The number of nitrogens with one attached hydrogen (secondary N) is 2.